The summed E-state index contributed by atoms with van der Waals surface area (Å²) in [5.74, 6) is -1.98. The predicted octanol–water partition coefficient (Wildman–Crippen LogP) is 4.17. The van der Waals surface area contributed by atoms with Gasteiger partial charge in [-0.05, 0) is 36.4 Å². The normalized spacial score (nSPS) is 10.2. The van der Waals surface area contributed by atoms with Crippen LogP contribution in [-0.2, 0) is 4.79 Å². The zero-order chi connectivity index (χ0) is 15.2. The van der Waals surface area contributed by atoms with Gasteiger partial charge in [0.1, 0.15) is 0 Å². The van der Waals surface area contributed by atoms with Crippen LogP contribution in [-0.4, -0.2) is 12.5 Å². The van der Waals surface area contributed by atoms with E-state index in [4.69, 9.17) is 0 Å². The number of nitrogens with one attached hydrogen (secondary N) is 2. The number of anilines is 2. The van der Waals surface area contributed by atoms with E-state index < -0.39 is 11.6 Å². The Morgan fingerprint density at radius 2 is 1.86 bits per heavy atom. The number of benzene rings is 2. The number of amides is 1. The Balaban J connectivity index is 1.80. The predicted molar refractivity (Wildman–Crippen MR) is 82.2 cm³/mol. The molecule has 0 aliphatic rings. The smallest absolute Gasteiger partial charge is 0.226 e. The third kappa shape index (κ3) is 4.82. The highest BCUT2D eigenvalue weighted by Crippen LogP contribution is 2.16. The fraction of sp³-hybridized carbons (Fsp3) is 0.133. The van der Waals surface area contributed by atoms with Gasteiger partial charge in [0.2, 0.25) is 5.91 Å². The van der Waals surface area contributed by atoms with Gasteiger partial charge in [-0.2, -0.15) is 0 Å². The molecular weight excluding hydrogens is 342 g/mol. The molecule has 0 bridgehead atoms. The maximum absolute atomic E-state index is 13.0. The standard InChI is InChI=1S/C15H13BrF2N2O/c16-10-2-1-3-12(8-10)20-15(21)6-7-19-11-4-5-13(17)14(18)9-11/h1-5,8-9,19H,6-7H2,(H,20,21). The zero-order valence-electron chi connectivity index (χ0n) is 11.0. The molecule has 6 heteroatoms. The van der Waals surface area contributed by atoms with E-state index in [-0.39, 0.29) is 12.3 Å². The lowest BCUT2D eigenvalue weighted by molar-refractivity contribution is -0.115. The van der Waals surface area contributed by atoms with E-state index >= 15 is 0 Å². The Hall–Kier alpha value is -1.95. The first-order chi connectivity index (χ1) is 10.0. The molecule has 0 spiro atoms. The molecule has 1 amide bonds. The molecule has 0 aliphatic carbocycles. The third-order valence-corrected chi connectivity index (χ3v) is 3.20. The van der Waals surface area contributed by atoms with E-state index in [1.165, 1.54) is 6.07 Å². The second kappa shape index (κ2) is 7.17. The van der Waals surface area contributed by atoms with Crippen LogP contribution in [0.3, 0.4) is 0 Å². The molecule has 0 radical (unpaired) electrons. The highest BCUT2D eigenvalue weighted by molar-refractivity contribution is 9.10. The van der Waals surface area contributed by atoms with Crippen LogP contribution in [0.4, 0.5) is 20.2 Å². The summed E-state index contributed by atoms with van der Waals surface area (Å²) in [6.07, 6.45) is 0.214. The Bertz CT molecular complexity index is 649. The van der Waals surface area contributed by atoms with Gasteiger partial charge in [0, 0.05) is 28.8 Å². The lowest BCUT2D eigenvalue weighted by atomic mass is 10.2. The van der Waals surface area contributed by atoms with Gasteiger partial charge in [0.15, 0.2) is 11.6 Å². The van der Waals surface area contributed by atoms with E-state index in [0.717, 1.165) is 16.6 Å². The molecule has 3 nitrogen and oxygen atoms in total. The molecule has 0 unspecified atom stereocenters. The van der Waals surface area contributed by atoms with Crippen LogP contribution < -0.4 is 10.6 Å². The lowest BCUT2D eigenvalue weighted by Crippen LogP contribution is -2.16. The van der Waals surface area contributed by atoms with E-state index in [9.17, 15) is 13.6 Å². The molecule has 0 saturated carbocycles. The monoisotopic (exact) mass is 354 g/mol. The Kier molecular flexibility index (Phi) is 5.27. The molecule has 2 aromatic rings. The van der Waals surface area contributed by atoms with Crippen molar-refractivity contribution in [2.45, 2.75) is 6.42 Å². The van der Waals surface area contributed by atoms with Crippen molar-refractivity contribution in [1.82, 2.24) is 0 Å². The van der Waals surface area contributed by atoms with Gasteiger partial charge < -0.3 is 10.6 Å². The van der Waals surface area contributed by atoms with Crippen LogP contribution in [0.15, 0.2) is 46.9 Å². The molecular formula is C15H13BrF2N2O. The Labute approximate surface area is 129 Å². The van der Waals surface area contributed by atoms with Crippen LogP contribution in [0.1, 0.15) is 6.42 Å². The number of hydrogen-bond acceptors (Lipinski definition) is 2. The van der Waals surface area contributed by atoms with Crippen molar-refractivity contribution in [2.24, 2.45) is 0 Å². The summed E-state index contributed by atoms with van der Waals surface area (Å²) in [5, 5.41) is 5.61. The molecule has 0 saturated heterocycles. The zero-order valence-corrected chi connectivity index (χ0v) is 12.6. The van der Waals surface area contributed by atoms with Crippen molar-refractivity contribution in [2.75, 3.05) is 17.2 Å². The minimum Gasteiger partial charge on any atom is -0.384 e. The molecule has 0 fully saturated rings. The average molecular weight is 355 g/mol. The highest BCUT2D eigenvalue weighted by Gasteiger charge is 2.04. The number of rotatable bonds is 5. The largest absolute Gasteiger partial charge is 0.384 e. The minimum absolute atomic E-state index is 0.164. The van der Waals surface area contributed by atoms with E-state index in [1.54, 1.807) is 12.1 Å². The number of carbonyl (C=O) groups is 1. The van der Waals surface area contributed by atoms with Gasteiger partial charge in [-0.3, -0.25) is 4.79 Å². The fourth-order valence-corrected chi connectivity index (χ4v) is 2.12. The molecule has 0 atom stereocenters. The van der Waals surface area contributed by atoms with Crippen LogP contribution >= 0.6 is 15.9 Å². The van der Waals surface area contributed by atoms with E-state index in [2.05, 4.69) is 26.6 Å². The van der Waals surface area contributed by atoms with Gasteiger partial charge in [0.25, 0.3) is 0 Å². The average Bonchev–Trinajstić information content (AvgIpc) is 2.43. The first-order valence-electron chi connectivity index (χ1n) is 6.29. The minimum atomic E-state index is -0.918. The molecule has 110 valence electrons. The third-order valence-electron chi connectivity index (χ3n) is 2.71. The molecule has 0 heterocycles. The second-order valence-electron chi connectivity index (χ2n) is 4.36. The maximum Gasteiger partial charge on any atom is 0.226 e. The van der Waals surface area contributed by atoms with Crippen LogP contribution in [0.25, 0.3) is 0 Å². The summed E-state index contributed by atoms with van der Waals surface area (Å²) in [7, 11) is 0. The van der Waals surface area contributed by atoms with Gasteiger partial charge in [-0.1, -0.05) is 22.0 Å². The molecule has 21 heavy (non-hydrogen) atoms. The van der Waals surface area contributed by atoms with Crippen molar-refractivity contribution >= 4 is 33.2 Å². The molecule has 2 aromatic carbocycles. The summed E-state index contributed by atoms with van der Waals surface area (Å²) in [4.78, 5) is 11.7. The fourth-order valence-electron chi connectivity index (χ4n) is 1.72. The van der Waals surface area contributed by atoms with Gasteiger partial charge >= 0.3 is 0 Å². The summed E-state index contributed by atoms with van der Waals surface area (Å²) in [5.41, 5.74) is 1.13. The molecule has 0 aliphatic heterocycles. The Morgan fingerprint density at radius 1 is 1.05 bits per heavy atom. The van der Waals surface area contributed by atoms with E-state index in [1.807, 2.05) is 12.1 Å². The quantitative estimate of drug-likeness (QED) is 0.845. The van der Waals surface area contributed by atoms with Crippen molar-refractivity contribution in [3.8, 4) is 0 Å². The first kappa shape index (κ1) is 15.4. The van der Waals surface area contributed by atoms with Crippen molar-refractivity contribution in [1.29, 1.82) is 0 Å². The number of hydrogen-bond donors (Lipinski definition) is 2. The van der Waals surface area contributed by atoms with Crippen LogP contribution in [0.5, 0.6) is 0 Å². The first-order valence-corrected chi connectivity index (χ1v) is 7.08. The second-order valence-corrected chi connectivity index (χ2v) is 5.28. The van der Waals surface area contributed by atoms with Crippen molar-refractivity contribution < 1.29 is 13.6 Å². The van der Waals surface area contributed by atoms with Crippen LogP contribution in [0, 0.1) is 11.6 Å². The summed E-state index contributed by atoms with van der Waals surface area (Å²) in [6.45, 7) is 0.324. The summed E-state index contributed by atoms with van der Waals surface area (Å²) in [6, 6.07) is 10.8. The number of halogens is 3. The van der Waals surface area contributed by atoms with Crippen molar-refractivity contribution in [3.05, 3.63) is 58.6 Å². The maximum atomic E-state index is 13.0. The lowest BCUT2D eigenvalue weighted by Gasteiger charge is -2.08. The molecule has 2 N–H and O–H groups in total. The van der Waals surface area contributed by atoms with Crippen molar-refractivity contribution in [3.63, 3.8) is 0 Å². The van der Waals surface area contributed by atoms with Gasteiger partial charge in [-0.25, -0.2) is 8.78 Å². The topological polar surface area (TPSA) is 41.1 Å². The highest BCUT2D eigenvalue weighted by atomic mass is 79.9. The Morgan fingerprint density at radius 3 is 2.57 bits per heavy atom. The molecule has 0 aromatic heterocycles. The number of carbonyl (C=O) groups excluding carboxylic acids is 1. The van der Waals surface area contributed by atoms with E-state index in [0.29, 0.717) is 17.9 Å². The molecule has 2 rings (SSSR count). The summed E-state index contributed by atoms with van der Waals surface area (Å²) < 4.78 is 26.6. The SMILES string of the molecule is O=C(CCNc1ccc(F)c(F)c1)Nc1cccc(Br)c1. The van der Waals surface area contributed by atoms with Gasteiger partial charge in [-0.15, -0.1) is 0 Å². The van der Waals surface area contributed by atoms with Gasteiger partial charge in [0.05, 0.1) is 0 Å². The summed E-state index contributed by atoms with van der Waals surface area (Å²) >= 11 is 3.32. The van der Waals surface area contributed by atoms with Crippen LogP contribution in [0.2, 0.25) is 0 Å².